The lowest BCUT2D eigenvalue weighted by atomic mass is 9.76. The molecule has 0 amide bonds. The normalized spacial score (nSPS) is 19.5. The van der Waals surface area contributed by atoms with Gasteiger partial charge in [-0.1, -0.05) is 12.1 Å². The van der Waals surface area contributed by atoms with Crippen LogP contribution in [0.5, 0.6) is 0 Å². The minimum atomic E-state index is -0.502. The Kier molecular flexibility index (Phi) is 2.08. The molecule has 0 atom stereocenters. The highest BCUT2D eigenvalue weighted by molar-refractivity contribution is 5.19. The SMILES string of the molecule is OC1(Cc2ccc(F)cc2)CCC1. The molecule has 1 N–H and O–H groups in total. The molecule has 0 aromatic heterocycles. The maximum Gasteiger partial charge on any atom is 0.123 e. The Morgan fingerprint density at radius 2 is 1.85 bits per heavy atom. The van der Waals surface area contributed by atoms with Gasteiger partial charge in [0.05, 0.1) is 5.60 Å². The molecule has 1 aliphatic carbocycles. The summed E-state index contributed by atoms with van der Waals surface area (Å²) in [7, 11) is 0. The molecule has 0 radical (unpaired) electrons. The van der Waals surface area contributed by atoms with Crippen molar-refractivity contribution in [2.24, 2.45) is 0 Å². The van der Waals surface area contributed by atoms with Crippen molar-refractivity contribution in [1.29, 1.82) is 0 Å². The molecule has 0 unspecified atom stereocenters. The van der Waals surface area contributed by atoms with Crippen LogP contribution >= 0.6 is 0 Å². The average Bonchev–Trinajstić information content (AvgIpc) is 2.06. The maximum absolute atomic E-state index is 12.6. The number of benzene rings is 1. The van der Waals surface area contributed by atoms with E-state index in [0.29, 0.717) is 6.42 Å². The summed E-state index contributed by atoms with van der Waals surface area (Å²) in [6.07, 6.45) is 3.53. The molecule has 0 aliphatic heterocycles. The molecule has 2 heteroatoms. The summed E-state index contributed by atoms with van der Waals surface area (Å²) in [5.41, 5.74) is 0.515. The molecule has 0 spiro atoms. The molecule has 0 heterocycles. The molecule has 1 aromatic rings. The first-order chi connectivity index (χ1) is 6.18. The van der Waals surface area contributed by atoms with Gasteiger partial charge in [-0.05, 0) is 37.0 Å². The highest BCUT2D eigenvalue weighted by Gasteiger charge is 2.34. The minimum absolute atomic E-state index is 0.218. The smallest absolute Gasteiger partial charge is 0.123 e. The number of rotatable bonds is 2. The molecule has 0 saturated heterocycles. The van der Waals surface area contributed by atoms with Crippen molar-refractivity contribution >= 4 is 0 Å². The Balaban J connectivity index is 2.05. The monoisotopic (exact) mass is 180 g/mol. The second kappa shape index (κ2) is 3.11. The van der Waals surface area contributed by atoms with Crippen LogP contribution in [0.3, 0.4) is 0 Å². The third-order valence-corrected chi connectivity index (χ3v) is 2.73. The van der Waals surface area contributed by atoms with Gasteiger partial charge in [0.25, 0.3) is 0 Å². The Morgan fingerprint density at radius 3 is 2.31 bits per heavy atom. The van der Waals surface area contributed by atoms with Crippen molar-refractivity contribution in [3.63, 3.8) is 0 Å². The van der Waals surface area contributed by atoms with Crippen LogP contribution in [0.2, 0.25) is 0 Å². The molecule has 13 heavy (non-hydrogen) atoms. The first-order valence-corrected chi connectivity index (χ1v) is 4.65. The second-order valence-corrected chi connectivity index (χ2v) is 3.88. The van der Waals surface area contributed by atoms with E-state index in [4.69, 9.17) is 0 Å². The zero-order valence-corrected chi connectivity index (χ0v) is 7.46. The molecule has 1 saturated carbocycles. The van der Waals surface area contributed by atoms with Crippen LogP contribution in [0.15, 0.2) is 24.3 Å². The van der Waals surface area contributed by atoms with E-state index in [-0.39, 0.29) is 5.82 Å². The van der Waals surface area contributed by atoms with Crippen molar-refractivity contribution in [2.45, 2.75) is 31.3 Å². The lowest BCUT2D eigenvalue weighted by Gasteiger charge is -2.36. The van der Waals surface area contributed by atoms with E-state index in [0.717, 1.165) is 24.8 Å². The van der Waals surface area contributed by atoms with E-state index in [9.17, 15) is 9.50 Å². The third kappa shape index (κ3) is 1.89. The number of halogens is 1. The van der Waals surface area contributed by atoms with Gasteiger partial charge in [-0.25, -0.2) is 4.39 Å². The van der Waals surface area contributed by atoms with Gasteiger partial charge in [0.15, 0.2) is 0 Å². The van der Waals surface area contributed by atoms with Crippen LogP contribution in [-0.4, -0.2) is 10.7 Å². The Labute approximate surface area is 77.2 Å². The van der Waals surface area contributed by atoms with Crippen LogP contribution in [0, 0.1) is 5.82 Å². The molecular formula is C11H13FO. The van der Waals surface area contributed by atoms with Gasteiger partial charge in [0.2, 0.25) is 0 Å². The van der Waals surface area contributed by atoms with E-state index in [1.165, 1.54) is 12.1 Å². The van der Waals surface area contributed by atoms with Gasteiger partial charge in [-0.2, -0.15) is 0 Å². The first kappa shape index (κ1) is 8.70. The summed E-state index contributed by atoms with van der Waals surface area (Å²) in [5.74, 6) is -0.218. The van der Waals surface area contributed by atoms with Gasteiger partial charge >= 0.3 is 0 Å². The summed E-state index contributed by atoms with van der Waals surface area (Å²) >= 11 is 0. The fourth-order valence-electron chi connectivity index (χ4n) is 1.74. The van der Waals surface area contributed by atoms with Gasteiger partial charge in [0.1, 0.15) is 5.82 Å². The van der Waals surface area contributed by atoms with Crippen LogP contribution in [0.25, 0.3) is 0 Å². The fourth-order valence-corrected chi connectivity index (χ4v) is 1.74. The van der Waals surface area contributed by atoms with Gasteiger partial charge in [-0.3, -0.25) is 0 Å². The van der Waals surface area contributed by atoms with Crippen molar-refractivity contribution in [1.82, 2.24) is 0 Å². The topological polar surface area (TPSA) is 20.2 Å². The Hall–Kier alpha value is -0.890. The van der Waals surface area contributed by atoms with Crippen molar-refractivity contribution < 1.29 is 9.50 Å². The van der Waals surface area contributed by atoms with Crippen LogP contribution < -0.4 is 0 Å². The van der Waals surface area contributed by atoms with Crippen molar-refractivity contribution in [2.75, 3.05) is 0 Å². The average molecular weight is 180 g/mol. The van der Waals surface area contributed by atoms with E-state index < -0.39 is 5.60 Å². The van der Waals surface area contributed by atoms with Crippen LogP contribution in [0.1, 0.15) is 24.8 Å². The Bertz CT molecular complexity index is 287. The predicted molar refractivity (Wildman–Crippen MR) is 48.9 cm³/mol. The molecule has 70 valence electrons. The summed E-state index contributed by atoms with van der Waals surface area (Å²) in [5, 5.41) is 9.84. The summed E-state index contributed by atoms with van der Waals surface area (Å²) in [6.45, 7) is 0. The van der Waals surface area contributed by atoms with Crippen molar-refractivity contribution in [3.05, 3.63) is 35.6 Å². The van der Waals surface area contributed by atoms with Crippen molar-refractivity contribution in [3.8, 4) is 0 Å². The summed E-state index contributed by atoms with van der Waals surface area (Å²) in [4.78, 5) is 0. The molecule has 1 fully saturated rings. The van der Waals surface area contributed by atoms with Crippen LogP contribution in [0.4, 0.5) is 4.39 Å². The maximum atomic E-state index is 12.6. The molecule has 1 aromatic carbocycles. The zero-order valence-electron chi connectivity index (χ0n) is 7.46. The molecule has 2 rings (SSSR count). The highest BCUT2D eigenvalue weighted by Crippen LogP contribution is 2.34. The van der Waals surface area contributed by atoms with Gasteiger partial charge in [-0.15, -0.1) is 0 Å². The van der Waals surface area contributed by atoms with E-state index in [1.54, 1.807) is 12.1 Å². The Morgan fingerprint density at radius 1 is 1.23 bits per heavy atom. The fraction of sp³-hybridized carbons (Fsp3) is 0.455. The third-order valence-electron chi connectivity index (χ3n) is 2.73. The minimum Gasteiger partial charge on any atom is -0.390 e. The summed E-state index contributed by atoms with van der Waals surface area (Å²) < 4.78 is 12.6. The van der Waals surface area contributed by atoms with Crippen LogP contribution in [-0.2, 0) is 6.42 Å². The largest absolute Gasteiger partial charge is 0.390 e. The standard InChI is InChI=1S/C11H13FO/c12-10-4-2-9(3-5-10)8-11(13)6-1-7-11/h2-5,13H,1,6-8H2. The quantitative estimate of drug-likeness (QED) is 0.740. The molecule has 1 nitrogen and oxygen atoms in total. The first-order valence-electron chi connectivity index (χ1n) is 4.65. The lowest BCUT2D eigenvalue weighted by Crippen LogP contribution is -2.38. The molecule has 1 aliphatic rings. The van der Waals surface area contributed by atoms with Gasteiger partial charge in [0, 0.05) is 6.42 Å². The number of aliphatic hydroxyl groups is 1. The molecule has 0 bridgehead atoms. The predicted octanol–water partition coefficient (Wildman–Crippen LogP) is 2.28. The van der Waals surface area contributed by atoms with E-state index >= 15 is 0 Å². The van der Waals surface area contributed by atoms with E-state index in [1.807, 2.05) is 0 Å². The van der Waals surface area contributed by atoms with E-state index in [2.05, 4.69) is 0 Å². The number of hydrogen-bond acceptors (Lipinski definition) is 1. The number of hydrogen-bond donors (Lipinski definition) is 1. The second-order valence-electron chi connectivity index (χ2n) is 3.88. The highest BCUT2D eigenvalue weighted by atomic mass is 19.1. The summed E-state index contributed by atoms with van der Waals surface area (Å²) in [6, 6.07) is 6.37. The lowest BCUT2D eigenvalue weighted by molar-refractivity contribution is -0.0323. The van der Waals surface area contributed by atoms with Gasteiger partial charge < -0.3 is 5.11 Å². The zero-order chi connectivity index (χ0) is 9.31. The molecular weight excluding hydrogens is 167 g/mol.